The molecule has 1 aliphatic rings. The minimum atomic E-state index is -0.641. The lowest BCUT2D eigenvalue weighted by Crippen LogP contribution is -2.39. The highest BCUT2D eigenvalue weighted by molar-refractivity contribution is 5.68. The molecule has 3 atom stereocenters. The Balaban J connectivity index is 2.73. The van der Waals surface area contributed by atoms with Crippen LogP contribution in [0.5, 0.6) is 0 Å². The first-order chi connectivity index (χ1) is 8.38. The molecule has 1 aliphatic carbocycles. The molecule has 0 saturated heterocycles. The molecule has 6 heteroatoms. The van der Waals surface area contributed by atoms with E-state index in [0.717, 1.165) is 0 Å². The number of ether oxygens (including phenoxy) is 3. The normalized spacial score (nSPS) is 26.3. The number of esters is 3. The van der Waals surface area contributed by atoms with E-state index in [1.807, 2.05) is 0 Å². The van der Waals surface area contributed by atoms with Crippen LogP contribution in [0.1, 0.15) is 27.2 Å². The van der Waals surface area contributed by atoms with E-state index >= 15 is 0 Å². The van der Waals surface area contributed by atoms with Gasteiger partial charge in [-0.25, -0.2) is 0 Å². The predicted molar refractivity (Wildman–Crippen MR) is 60.4 cm³/mol. The van der Waals surface area contributed by atoms with Crippen molar-refractivity contribution in [2.45, 2.75) is 45.5 Å². The van der Waals surface area contributed by atoms with Crippen molar-refractivity contribution >= 4 is 17.9 Å². The Hall–Kier alpha value is -1.85. The van der Waals surface area contributed by atoms with Crippen molar-refractivity contribution in [3.8, 4) is 0 Å². The van der Waals surface area contributed by atoms with Crippen LogP contribution in [0, 0.1) is 0 Å². The van der Waals surface area contributed by atoms with Gasteiger partial charge in [0.15, 0.2) is 6.10 Å². The van der Waals surface area contributed by atoms with Crippen LogP contribution in [0.2, 0.25) is 0 Å². The summed E-state index contributed by atoms with van der Waals surface area (Å²) in [4.78, 5) is 32.7. The molecule has 6 nitrogen and oxygen atoms in total. The van der Waals surface area contributed by atoms with Crippen LogP contribution < -0.4 is 0 Å². The Morgan fingerprint density at radius 3 is 1.94 bits per heavy atom. The van der Waals surface area contributed by atoms with E-state index in [1.54, 1.807) is 12.2 Å². The molecule has 100 valence electrons. The zero-order valence-electron chi connectivity index (χ0n) is 10.5. The first kappa shape index (κ1) is 14.2. The monoisotopic (exact) mass is 256 g/mol. The lowest BCUT2D eigenvalue weighted by atomic mass is 9.99. The number of rotatable bonds is 3. The van der Waals surface area contributed by atoms with Gasteiger partial charge in [-0.3, -0.25) is 14.4 Å². The molecule has 0 spiro atoms. The molecule has 0 aromatic heterocycles. The molecule has 18 heavy (non-hydrogen) atoms. The highest BCUT2D eigenvalue weighted by Gasteiger charge is 2.32. The Morgan fingerprint density at radius 1 is 0.889 bits per heavy atom. The first-order valence-electron chi connectivity index (χ1n) is 5.58. The number of carbonyl (C=O) groups is 3. The van der Waals surface area contributed by atoms with Crippen LogP contribution in [-0.2, 0) is 28.6 Å². The topological polar surface area (TPSA) is 78.9 Å². The molecule has 0 fully saturated rings. The fraction of sp³-hybridized carbons (Fsp3) is 0.583. The highest BCUT2D eigenvalue weighted by atomic mass is 16.6. The fourth-order valence-corrected chi connectivity index (χ4v) is 1.73. The quantitative estimate of drug-likeness (QED) is 0.421. The smallest absolute Gasteiger partial charge is 0.303 e. The second-order valence-electron chi connectivity index (χ2n) is 3.99. The molecule has 0 heterocycles. The average molecular weight is 256 g/mol. The highest BCUT2D eigenvalue weighted by Crippen LogP contribution is 2.21. The molecule has 0 radical (unpaired) electrons. The van der Waals surface area contributed by atoms with Crippen molar-refractivity contribution in [1.82, 2.24) is 0 Å². The van der Waals surface area contributed by atoms with Crippen LogP contribution in [0.25, 0.3) is 0 Å². The van der Waals surface area contributed by atoms with Crippen molar-refractivity contribution in [3.05, 3.63) is 12.2 Å². The number of carbonyl (C=O) groups excluding carboxylic acids is 3. The molecular formula is C12H16O6. The molecular weight excluding hydrogens is 240 g/mol. The Labute approximate surface area is 105 Å². The largest absolute Gasteiger partial charge is 0.458 e. The van der Waals surface area contributed by atoms with Gasteiger partial charge >= 0.3 is 17.9 Å². The Bertz CT molecular complexity index is 373. The third kappa shape index (κ3) is 4.57. The van der Waals surface area contributed by atoms with Crippen LogP contribution >= 0.6 is 0 Å². The molecule has 0 N–H and O–H groups in total. The SMILES string of the molecule is CC(=O)O[C@@H]1C=C[C@@H](OC(C)=O)[C@H](OC(C)=O)C1. The molecule has 1 rings (SSSR count). The van der Waals surface area contributed by atoms with Crippen molar-refractivity contribution in [3.63, 3.8) is 0 Å². The molecule has 0 aliphatic heterocycles. The van der Waals surface area contributed by atoms with E-state index in [2.05, 4.69) is 0 Å². The summed E-state index contributed by atoms with van der Waals surface area (Å²) in [6.07, 6.45) is 1.70. The minimum absolute atomic E-state index is 0.271. The fourth-order valence-electron chi connectivity index (χ4n) is 1.73. The first-order valence-corrected chi connectivity index (χ1v) is 5.58. The zero-order valence-corrected chi connectivity index (χ0v) is 10.5. The molecule has 0 aromatic carbocycles. The van der Waals surface area contributed by atoms with Gasteiger partial charge in [0, 0.05) is 27.2 Å². The van der Waals surface area contributed by atoms with Gasteiger partial charge in [0.2, 0.25) is 0 Å². The average Bonchev–Trinajstić information content (AvgIpc) is 2.19. The maximum absolute atomic E-state index is 11.0. The molecule has 0 unspecified atom stereocenters. The van der Waals surface area contributed by atoms with Crippen molar-refractivity contribution in [1.29, 1.82) is 0 Å². The van der Waals surface area contributed by atoms with Crippen molar-refractivity contribution in [2.24, 2.45) is 0 Å². The van der Waals surface area contributed by atoms with Gasteiger partial charge in [0.25, 0.3) is 0 Å². The van der Waals surface area contributed by atoms with E-state index in [1.165, 1.54) is 20.8 Å². The van der Waals surface area contributed by atoms with Gasteiger partial charge in [-0.2, -0.15) is 0 Å². The van der Waals surface area contributed by atoms with E-state index in [9.17, 15) is 14.4 Å². The van der Waals surface area contributed by atoms with E-state index in [0.29, 0.717) is 0 Å². The predicted octanol–water partition coefficient (Wildman–Crippen LogP) is 0.741. The van der Waals surface area contributed by atoms with Gasteiger partial charge in [0.1, 0.15) is 12.2 Å². The maximum Gasteiger partial charge on any atom is 0.303 e. The standard InChI is InChI=1S/C12H16O6/c1-7(13)16-10-4-5-11(17-8(2)14)12(6-10)18-9(3)15/h4-5,10-12H,6H2,1-3H3/t10-,11-,12-/m1/s1. The second kappa shape index (κ2) is 6.18. The van der Waals surface area contributed by atoms with Gasteiger partial charge in [-0.05, 0) is 12.2 Å². The van der Waals surface area contributed by atoms with Crippen LogP contribution in [0.3, 0.4) is 0 Å². The van der Waals surface area contributed by atoms with E-state index < -0.39 is 36.2 Å². The summed E-state index contributed by atoms with van der Waals surface area (Å²) in [5.41, 5.74) is 0. The van der Waals surface area contributed by atoms with Crippen LogP contribution in [0.4, 0.5) is 0 Å². The summed E-state index contributed by atoms with van der Waals surface area (Å²) in [5, 5.41) is 0. The molecule has 0 bridgehead atoms. The summed E-state index contributed by atoms with van der Waals surface area (Å²) in [7, 11) is 0. The van der Waals surface area contributed by atoms with Gasteiger partial charge in [0.05, 0.1) is 0 Å². The van der Waals surface area contributed by atoms with Gasteiger partial charge < -0.3 is 14.2 Å². The zero-order chi connectivity index (χ0) is 13.7. The third-order valence-corrected chi connectivity index (χ3v) is 2.28. The molecule has 0 amide bonds. The summed E-state index contributed by atoms with van der Waals surface area (Å²) < 4.78 is 15.1. The third-order valence-electron chi connectivity index (χ3n) is 2.28. The van der Waals surface area contributed by atoms with Gasteiger partial charge in [-0.1, -0.05) is 0 Å². The Kier molecular flexibility index (Phi) is 4.88. The molecule has 0 aromatic rings. The number of hydrogen-bond acceptors (Lipinski definition) is 6. The van der Waals surface area contributed by atoms with Crippen molar-refractivity contribution in [2.75, 3.05) is 0 Å². The van der Waals surface area contributed by atoms with E-state index in [4.69, 9.17) is 14.2 Å². The maximum atomic E-state index is 11.0. The van der Waals surface area contributed by atoms with Crippen molar-refractivity contribution < 1.29 is 28.6 Å². The van der Waals surface area contributed by atoms with E-state index in [-0.39, 0.29) is 6.42 Å². The summed E-state index contributed by atoms with van der Waals surface area (Å²) >= 11 is 0. The number of hydrogen-bond donors (Lipinski definition) is 0. The van der Waals surface area contributed by atoms with Crippen LogP contribution in [-0.4, -0.2) is 36.2 Å². The van der Waals surface area contributed by atoms with Crippen LogP contribution in [0.15, 0.2) is 12.2 Å². The second-order valence-corrected chi connectivity index (χ2v) is 3.99. The summed E-state index contributed by atoms with van der Waals surface area (Å²) in [5.74, 6) is -1.36. The lowest BCUT2D eigenvalue weighted by Gasteiger charge is -2.30. The lowest BCUT2D eigenvalue weighted by molar-refractivity contribution is -0.166. The summed E-state index contributed by atoms with van der Waals surface area (Å²) in [6, 6.07) is 0. The minimum Gasteiger partial charge on any atom is -0.458 e. The van der Waals surface area contributed by atoms with Gasteiger partial charge in [-0.15, -0.1) is 0 Å². The Morgan fingerprint density at radius 2 is 1.44 bits per heavy atom. The molecule has 0 saturated carbocycles. The summed E-state index contributed by atoms with van der Waals surface area (Å²) in [6.45, 7) is 3.84.